The quantitative estimate of drug-likeness (QED) is 0.647. The Bertz CT molecular complexity index is 185. The predicted octanol–water partition coefficient (Wildman–Crippen LogP) is 2.11. The molecular formula is C11H19NO. The van der Waals surface area contributed by atoms with E-state index in [0.29, 0.717) is 0 Å². The number of hydrogen-bond donors (Lipinski definition) is 1. The van der Waals surface area contributed by atoms with Crippen molar-refractivity contribution in [2.45, 2.75) is 32.1 Å². The van der Waals surface area contributed by atoms with Gasteiger partial charge >= 0.3 is 0 Å². The van der Waals surface area contributed by atoms with Crippen molar-refractivity contribution in [2.75, 3.05) is 7.05 Å². The summed E-state index contributed by atoms with van der Waals surface area (Å²) in [6, 6.07) is 0. The molecule has 74 valence electrons. The fourth-order valence-electron chi connectivity index (χ4n) is 1.85. The number of hydrogen-bond acceptors (Lipinski definition) is 1. The Kier molecular flexibility index (Phi) is 4.00. The van der Waals surface area contributed by atoms with Gasteiger partial charge in [-0.05, 0) is 18.8 Å². The van der Waals surface area contributed by atoms with Gasteiger partial charge in [0.1, 0.15) is 0 Å². The van der Waals surface area contributed by atoms with Crippen LogP contribution in [0, 0.1) is 11.8 Å². The minimum Gasteiger partial charge on any atom is -0.359 e. The number of carbonyl (C=O) groups is 1. The molecule has 2 nitrogen and oxygen atoms in total. The normalized spacial score (nSPS) is 18.8. The minimum atomic E-state index is 0.160. The summed E-state index contributed by atoms with van der Waals surface area (Å²) in [5.41, 5.74) is 0. The summed E-state index contributed by atoms with van der Waals surface area (Å²) in [6.07, 6.45) is 7.68. The highest BCUT2D eigenvalue weighted by atomic mass is 16.1. The molecule has 0 aromatic rings. The fraction of sp³-hybridized carbons (Fsp3) is 0.727. The lowest BCUT2D eigenvalue weighted by Gasteiger charge is -2.28. The minimum absolute atomic E-state index is 0.160. The third-order valence-corrected chi connectivity index (χ3v) is 2.91. The second kappa shape index (κ2) is 5.05. The van der Waals surface area contributed by atoms with Crippen LogP contribution >= 0.6 is 0 Å². The van der Waals surface area contributed by atoms with E-state index < -0.39 is 0 Å². The SMILES string of the molecule is C=CCC(CC1CCC1)C(=O)NC. The molecule has 1 rings (SSSR count). The predicted molar refractivity (Wildman–Crippen MR) is 54.3 cm³/mol. The molecule has 1 aliphatic carbocycles. The van der Waals surface area contributed by atoms with Crippen LogP contribution in [0.4, 0.5) is 0 Å². The number of allylic oxidation sites excluding steroid dienone is 1. The Morgan fingerprint density at radius 3 is 2.77 bits per heavy atom. The lowest BCUT2D eigenvalue weighted by Crippen LogP contribution is -2.30. The van der Waals surface area contributed by atoms with Gasteiger partial charge in [0.05, 0.1) is 0 Å². The second-order valence-electron chi connectivity index (χ2n) is 3.87. The van der Waals surface area contributed by atoms with E-state index in [9.17, 15) is 4.79 Å². The van der Waals surface area contributed by atoms with Crippen LogP contribution in [0.3, 0.4) is 0 Å². The van der Waals surface area contributed by atoms with Crippen LogP contribution < -0.4 is 5.32 Å². The van der Waals surface area contributed by atoms with E-state index in [1.807, 2.05) is 6.08 Å². The molecule has 0 heterocycles. The van der Waals surface area contributed by atoms with Crippen LogP contribution in [-0.2, 0) is 4.79 Å². The van der Waals surface area contributed by atoms with E-state index in [4.69, 9.17) is 0 Å². The maximum absolute atomic E-state index is 11.4. The summed E-state index contributed by atoms with van der Waals surface area (Å²) in [5.74, 6) is 1.13. The van der Waals surface area contributed by atoms with Crippen molar-refractivity contribution in [1.29, 1.82) is 0 Å². The van der Waals surface area contributed by atoms with Crippen LogP contribution in [0.5, 0.6) is 0 Å². The maximum atomic E-state index is 11.4. The van der Waals surface area contributed by atoms with Gasteiger partial charge in [-0.25, -0.2) is 0 Å². The van der Waals surface area contributed by atoms with Crippen molar-refractivity contribution >= 4 is 5.91 Å². The molecule has 13 heavy (non-hydrogen) atoms. The number of rotatable bonds is 5. The topological polar surface area (TPSA) is 29.1 Å². The zero-order valence-electron chi connectivity index (χ0n) is 8.38. The van der Waals surface area contributed by atoms with Gasteiger partial charge in [-0.1, -0.05) is 25.3 Å². The Morgan fingerprint density at radius 2 is 2.38 bits per heavy atom. The van der Waals surface area contributed by atoms with Crippen LogP contribution in [0.2, 0.25) is 0 Å². The van der Waals surface area contributed by atoms with Gasteiger partial charge in [0.15, 0.2) is 0 Å². The van der Waals surface area contributed by atoms with Gasteiger partial charge in [0.2, 0.25) is 5.91 Å². The lowest BCUT2D eigenvalue weighted by molar-refractivity contribution is -0.125. The van der Waals surface area contributed by atoms with Crippen LogP contribution in [0.25, 0.3) is 0 Å². The molecule has 1 saturated carbocycles. The monoisotopic (exact) mass is 181 g/mol. The van der Waals surface area contributed by atoms with Crippen LogP contribution in [0.1, 0.15) is 32.1 Å². The van der Waals surface area contributed by atoms with Crippen molar-refractivity contribution in [3.63, 3.8) is 0 Å². The van der Waals surface area contributed by atoms with E-state index >= 15 is 0 Å². The van der Waals surface area contributed by atoms with Crippen molar-refractivity contribution in [2.24, 2.45) is 11.8 Å². The standard InChI is InChI=1S/C11H19NO/c1-3-5-10(11(13)12-2)8-9-6-4-7-9/h3,9-10H,1,4-8H2,2H3,(H,12,13). The molecule has 0 spiro atoms. The highest BCUT2D eigenvalue weighted by molar-refractivity contribution is 5.78. The summed E-state index contributed by atoms with van der Waals surface area (Å²) < 4.78 is 0. The summed E-state index contributed by atoms with van der Waals surface area (Å²) in [7, 11) is 1.71. The molecule has 0 bridgehead atoms. The first-order chi connectivity index (χ1) is 6.27. The summed E-state index contributed by atoms with van der Waals surface area (Å²) in [4.78, 5) is 11.4. The van der Waals surface area contributed by atoms with Crippen molar-refractivity contribution in [1.82, 2.24) is 5.32 Å². The van der Waals surface area contributed by atoms with Gasteiger partial charge < -0.3 is 5.32 Å². The average Bonchev–Trinajstić information content (AvgIpc) is 2.07. The van der Waals surface area contributed by atoms with Crippen LogP contribution in [-0.4, -0.2) is 13.0 Å². The van der Waals surface area contributed by atoms with Gasteiger partial charge in [-0.3, -0.25) is 4.79 Å². The molecule has 0 aliphatic heterocycles. The summed E-state index contributed by atoms with van der Waals surface area (Å²) >= 11 is 0. The summed E-state index contributed by atoms with van der Waals surface area (Å²) in [6.45, 7) is 3.69. The van der Waals surface area contributed by atoms with Gasteiger partial charge in [-0.2, -0.15) is 0 Å². The molecule has 0 aromatic heterocycles. The van der Waals surface area contributed by atoms with E-state index in [1.54, 1.807) is 7.05 Å². The molecule has 0 radical (unpaired) electrons. The lowest BCUT2D eigenvalue weighted by atomic mass is 9.78. The highest BCUT2D eigenvalue weighted by Gasteiger charge is 2.24. The number of nitrogens with one attached hydrogen (secondary N) is 1. The molecular weight excluding hydrogens is 162 g/mol. The largest absolute Gasteiger partial charge is 0.359 e. The smallest absolute Gasteiger partial charge is 0.223 e. The number of carbonyl (C=O) groups excluding carboxylic acids is 1. The molecule has 0 saturated heterocycles. The van der Waals surface area contributed by atoms with Gasteiger partial charge in [0, 0.05) is 13.0 Å². The Labute approximate surface area is 80.4 Å². The average molecular weight is 181 g/mol. The molecule has 1 atom stereocenters. The maximum Gasteiger partial charge on any atom is 0.223 e. The Morgan fingerprint density at radius 1 is 1.69 bits per heavy atom. The first-order valence-electron chi connectivity index (χ1n) is 5.10. The van der Waals surface area contributed by atoms with Crippen molar-refractivity contribution in [3.8, 4) is 0 Å². The molecule has 1 fully saturated rings. The number of amides is 1. The van der Waals surface area contributed by atoms with Gasteiger partial charge in [0.25, 0.3) is 0 Å². The molecule has 1 amide bonds. The third-order valence-electron chi connectivity index (χ3n) is 2.91. The van der Waals surface area contributed by atoms with Crippen LogP contribution in [0.15, 0.2) is 12.7 Å². The molecule has 1 unspecified atom stereocenters. The zero-order chi connectivity index (χ0) is 9.68. The van der Waals surface area contributed by atoms with Crippen molar-refractivity contribution in [3.05, 3.63) is 12.7 Å². The first kappa shape index (κ1) is 10.3. The van der Waals surface area contributed by atoms with E-state index in [0.717, 1.165) is 18.8 Å². The molecule has 1 N–H and O–H groups in total. The third kappa shape index (κ3) is 2.87. The fourth-order valence-corrected chi connectivity index (χ4v) is 1.85. The molecule has 0 aromatic carbocycles. The van der Waals surface area contributed by atoms with E-state index in [1.165, 1.54) is 19.3 Å². The second-order valence-corrected chi connectivity index (χ2v) is 3.87. The Hall–Kier alpha value is -0.790. The Balaban J connectivity index is 2.35. The highest BCUT2D eigenvalue weighted by Crippen LogP contribution is 2.33. The van der Waals surface area contributed by atoms with E-state index in [-0.39, 0.29) is 11.8 Å². The van der Waals surface area contributed by atoms with E-state index in [2.05, 4.69) is 11.9 Å². The first-order valence-corrected chi connectivity index (χ1v) is 5.10. The van der Waals surface area contributed by atoms with Crippen molar-refractivity contribution < 1.29 is 4.79 Å². The summed E-state index contributed by atoms with van der Waals surface area (Å²) in [5, 5.41) is 2.72. The molecule has 2 heteroatoms. The molecule has 1 aliphatic rings. The zero-order valence-corrected chi connectivity index (χ0v) is 8.38. The van der Waals surface area contributed by atoms with Gasteiger partial charge in [-0.15, -0.1) is 6.58 Å².